The van der Waals surface area contributed by atoms with E-state index >= 15 is 0 Å². The molecule has 1 amide bonds. The van der Waals surface area contributed by atoms with E-state index in [-0.39, 0.29) is 18.3 Å². The van der Waals surface area contributed by atoms with Crippen LogP contribution in [-0.4, -0.2) is 26.0 Å². The van der Waals surface area contributed by atoms with Crippen molar-refractivity contribution in [2.75, 3.05) is 20.1 Å². The third-order valence-corrected chi connectivity index (χ3v) is 3.34. The Balaban J connectivity index is 0.00000289. The zero-order valence-corrected chi connectivity index (χ0v) is 13.3. The second-order valence-electron chi connectivity index (χ2n) is 3.69. The monoisotopic (exact) mass is 354 g/mol. The topological polar surface area (TPSA) is 41.1 Å². The lowest BCUT2D eigenvalue weighted by Crippen LogP contribution is -2.30. The Morgan fingerprint density at radius 3 is 2.78 bits per heavy atom. The van der Waals surface area contributed by atoms with E-state index in [1.54, 1.807) is 0 Å². The Labute approximate surface area is 127 Å². The van der Waals surface area contributed by atoms with Gasteiger partial charge in [-0.1, -0.05) is 27.5 Å². The maximum atomic E-state index is 11.5. The van der Waals surface area contributed by atoms with Crippen molar-refractivity contribution >= 4 is 45.8 Å². The molecule has 0 radical (unpaired) electrons. The number of carbonyl (C=O) groups excluding carboxylic acids is 1. The first-order chi connectivity index (χ1) is 8.13. The summed E-state index contributed by atoms with van der Waals surface area (Å²) in [6.45, 7) is 1.44. The first kappa shape index (κ1) is 17.7. The predicted octanol–water partition coefficient (Wildman–Crippen LogP) is 2.79. The quantitative estimate of drug-likeness (QED) is 0.770. The number of benzene rings is 1. The fourth-order valence-electron chi connectivity index (χ4n) is 1.40. The summed E-state index contributed by atoms with van der Waals surface area (Å²) in [6.07, 6.45) is 1.16. The van der Waals surface area contributed by atoms with Crippen LogP contribution in [0.1, 0.15) is 12.0 Å². The van der Waals surface area contributed by atoms with Crippen LogP contribution < -0.4 is 10.6 Å². The molecule has 1 aromatic rings. The standard InChI is InChI=1S/C12H16BrClN2O.ClH/c1-15-6-7-16-12(17)5-2-9-8-10(14)3-4-11(9)13;/h3-4,8,15H,2,5-7H2,1H3,(H,16,17);1H. The van der Waals surface area contributed by atoms with Crippen LogP contribution in [0.15, 0.2) is 22.7 Å². The third-order valence-electron chi connectivity index (χ3n) is 2.33. The lowest BCUT2D eigenvalue weighted by atomic mass is 10.1. The highest BCUT2D eigenvalue weighted by Gasteiger charge is 2.05. The molecule has 2 N–H and O–H groups in total. The van der Waals surface area contributed by atoms with Gasteiger partial charge < -0.3 is 10.6 Å². The largest absolute Gasteiger partial charge is 0.355 e. The number of rotatable bonds is 6. The Morgan fingerprint density at radius 1 is 1.39 bits per heavy atom. The van der Waals surface area contributed by atoms with Crippen LogP contribution in [0.5, 0.6) is 0 Å². The average molecular weight is 356 g/mol. The van der Waals surface area contributed by atoms with Crippen molar-refractivity contribution in [3.8, 4) is 0 Å². The van der Waals surface area contributed by atoms with Gasteiger partial charge in [0.05, 0.1) is 0 Å². The van der Waals surface area contributed by atoms with Gasteiger partial charge in [0.15, 0.2) is 0 Å². The molecule has 0 heterocycles. The van der Waals surface area contributed by atoms with Crippen LogP contribution in [0.2, 0.25) is 5.02 Å². The predicted molar refractivity (Wildman–Crippen MR) is 81.7 cm³/mol. The van der Waals surface area contributed by atoms with Crippen LogP contribution >= 0.6 is 39.9 Å². The molecule has 6 heteroatoms. The van der Waals surface area contributed by atoms with Crippen molar-refractivity contribution in [3.05, 3.63) is 33.3 Å². The van der Waals surface area contributed by atoms with Crippen LogP contribution in [0.4, 0.5) is 0 Å². The first-order valence-electron chi connectivity index (χ1n) is 5.48. The number of hydrogen-bond acceptors (Lipinski definition) is 2. The van der Waals surface area contributed by atoms with Crippen molar-refractivity contribution in [2.45, 2.75) is 12.8 Å². The molecule has 0 bridgehead atoms. The molecule has 18 heavy (non-hydrogen) atoms. The number of nitrogens with one attached hydrogen (secondary N) is 2. The van der Waals surface area contributed by atoms with Crippen molar-refractivity contribution < 1.29 is 4.79 Å². The second kappa shape index (κ2) is 9.62. The van der Waals surface area contributed by atoms with Gasteiger partial charge >= 0.3 is 0 Å². The molecule has 0 spiro atoms. The van der Waals surface area contributed by atoms with E-state index < -0.39 is 0 Å². The van der Waals surface area contributed by atoms with E-state index in [1.165, 1.54) is 0 Å². The average Bonchev–Trinajstić information content (AvgIpc) is 2.31. The summed E-state index contributed by atoms with van der Waals surface area (Å²) < 4.78 is 0.991. The SMILES string of the molecule is CNCCNC(=O)CCc1cc(Cl)ccc1Br.Cl. The molecule has 0 atom stereocenters. The summed E-state index contributed by atoms with van der Waals surface area (Å²) in [4.78, 5) is 11.5. The molecule has 1 aromatic carbocycles. The molecule has 0 unspecified atom stereocenters. The van der Waals surface area contributed by atoms with Crippen molar-refractivity contribution in [1.29, 1.82) is 0 Å². The number of amides is 1. The maximum absolute atomic E-state index is 11.5. The van der Waals surface area contributed by atoms with E-state index in [0.717, 1.165) is 16.6 Å². The Morgan fingerprint density at radius 2 is 2.11 bits per heavy atom. The number of carbonyl (C=O) groups is 1. The third kappa shape index (κ3) is 6.59. The first-order valence-corrected chi connectivity index (χ1v) is 6.66. The van der Waals surface area contributed by atoms with Crippen LogP contribution in [0.3, 0.4) is 0 Å². The van der Waals surface area contributed by atoms with Gasteiger partial charge in [-0.2, -0.15) is 0 Å². The molecule has 0 aliphatic heterocycles. The fourth-order valence-corrected chi connectivity index (χ4v) is 2.04. The summed E-state index contributed by atoms with van der Waals surface area (Å²) in [5.74, 6) is 0.0622. The normalized spacial score (nSPS) is 9.72. The smallest absolute Gasteiger partial charge is 0.220 e. The maximum Gasteiger partial charge on any atom is 0.220 e. The van der Waals surface area contributed by atoms with Gasteiger partial charge in [-0.25, -0.2) is 0 Å². The van der Waals surface area contributed by atoms with Gasteiger partial charge in [0.25, 0.3) is 0 Å². The molecule has 0 saturated heterocycles. The molecular weight excluding hydrogens is 339 g/mol. The Kier molecular flexibility index (Phi) is 9.46. The van der Waals surface area contributed by atoms with Gasteiger partial charge in [-0.05, 0) is 37.2 Å². The summed E-state index contributed by atoms with van der Waals surface area (Å²) >= 11 is 9.35. The van der Waals surface area contributed by atoms with E-state index in [0.29, 0.717) is 24.4 Å². The number of aryl methyl sites for hydroxylation is 1. The summed E-state index contributed by atoms with van der Waals surface area (Å²) in [5, 5.41) is 6.51. The molecule has 102 valence electrons. The molecule has 3 nitrogen and oxygen atoms in total. The number of likely N-dealkylation sites (N-methyl/N-ethyl adjacent to an activating group) is 1. The van der Waals surface area contributed by atoms with Crippen molar-refractivity contribution in [3.63, 3.8) is 0 Å². The highest BCUT2D eigenvalue weighted by atomic mass is 79.9. The minimum Gasteiger partial charge on any atom is -0.355 e. The second-order valence-corrected chi connectivity index (χ2v) is 4.98. The fraction of sp³-hybridized carbons (Fsp3) is 0.417. The van der Waals surface area contributed by atoms with E-state index in [9.17, 15) is 4.79 Å². The minimum atomic E-state index is 0. The highest BCUT2D eigenvalue weighted by Crippen LogP contribution is 2.22. The molecule has 0 saturated carbocycles. The van der Waals surface area contributed by atoms with Gasteiger partial charge in [0, 0.05) is 29.0 Å². The number of hydrogen-bond donors (Lipinski definition) is 2. The summed E-state index contributed by atoms with van der Waals surface area (Å²) in [6, 6.07) is 5.60. The number of halogens is 3. The Hall–Kier alpha value is -0.290. The van der Waals surface area contributed by atoms with E-state index in [4.69, 9.17) is 11.6 Å². The molecule has 0 fully saturated rings. The Bertz CT molecular complexity index is 388. The molecule has 1 rings (SSSR count). The zero-order chi connectivity index (χ0) is 12.7. The lowest BCUT2D eigenvalue weighted by molar-refractivity contribution is -0.121. The minimum absolute atomic E-state index is 0. The highest BCUT2D eigenvalue weighted by molar-refractivity contribution is 9.10. The summed E-state index contributed by atoms with van der Waals surface area (Å²) in [7, 11) is 1.86. The van der Waals surface area contributed by atoms with Gasteiger partial charge in [-0.15, -0.1) is 12.4 Å². The lowest BCUT2D eigenvalue weighted by Gasteiger charge is -2.06. The van der Waals surface area contributed by atoms with Crippen molar-refractivity contribution in [2.24, 2.45) is 0 Å². The molecule has 0 aliphatic carbocycles. The van der Waals surface area contributed by atoms with Crippen LogP contribution in [0.25, 0.3) is 0 Å². The summed E-state index contributed by atoms with van der Waals surface area (Å²) in [5.41, 5.74) is 1.06. The van der Waals surface area contributed by atoms with E-state index in [1.807, 2.05) is 25.2 Å². The zero-order valence-electron chi connectivity index (χ0n) is 10.1. The molecule has 0 aliphatic rings. The van der Waals surface area contributed by atoms with E-state index in [2.05, 4.69) is 26.6 Å². The molecular formula is C12H17BrCl2N2O. The van der Waals surface area contributed by atoms with Crippen molar-refractivity contribution in [1.82, 2.24) is 10.6 Å². The van der Waals surface area contributed by atoms with Gasteiger partial charge in [0.2, 0.25) is 5.91 Å². The van der Waals surface area contributed by atoms with Gasteiger partial charge in [-0.3, -0.25) is 4.79 Å². The molecule has 0 aromatic heterocycles. The van der Waals surface area contributed by atoms with Crippen LogP contribution in [-0.2, 0) is 11.2 Å². The van der Waals surface area contributed by atoms with Gasteiger partial charge in [0.1, 0.15) is 0 Å². The van der Waals surface area contributed by atoms with Crippen LogP contribution in [0, 0.1) is 0 Å².